The van der Waals surface area contributed by atoms with E-state index in [0.29, 0.717) is 0 Å². The highest BCUT2D eigenvalue weighted by atomic mass is 32.3. The monoisotopic (exact) mass is 384 g/mol. The van der Waals surface area contributed by atoms with E-state index in [4.69, 9.17) is 3.87 Å². The third-order valence-electron chi connectivity index (χ3n) is 1.68. The smallest absolute Gasteiger partial charge is 0.390 e. The molecule has 0 amide bonds. The van der Waals surface area contributed by atoms with Crippen molar-refractivity contribution in [3.8, 4) is 0 Å². The Morgan fingerprint density at radius 2 is 1.67 bits per heavy atom. The van der Waals surface area contributed by atoms with E-state index in [1.807, 2.05) is 0 Å². The van der Waals surface area contributed by atoms with Crippen LogP contribution in [0.1, 0.15) is 6.92 Å². The predicted molar refractivity (Wildman–Crippen MR) is 72.6 cm³/mol. The molecule has 21 heavy (non-hydrogen) atoms. The topological polar surface area (TPSA) is 151 Å². The maximum Gasteiger partial charge on any atom is 0.390 e. The van der Waals surface area contributed by atoms with E-state index >= 15 is 0 Å². The average molecular weight is 384 g/mol. The van der Waals surface area contributed by atoms with E-state index in [0.717, 1.165) is 0 Å². The van der Waals surface area contributed by atoms with E-state index in [2.05, 4.69) is 12.5 Å². The summed E-state index contributed by atoms with van der Waals surface area (Å²) in [5.74, 6) is 0. The highest BCUT2D eigenvalue weighted by Gasteiger charge is 2.30. The molecule has 0 saturated heterocycles. The Kier molecular flexibility index (Phi) is 8.85. The molecule has 14 heteroatoms. The zero-order valence-electron chi connectivity index (χ0n) is 11.7. The predicted octanol–water partition coefficient (Wildman–Crippen LogP) is -0.522. The first-order chi connectivity index (χ1) is 9.32. The van der Waals surface area contributed by atoms with Gasteiger partial charge in [0.15, 0.2) is 0 Å². The van der Waals surface area contributed by atoms with E-state index in [-0.39, 0.29) is 0 Å². The van der Waals surface area contributed by atoms with E-state index < -0.39 is 60.3 Å². The van der Waals surface area contributed by atoms with Crippen LogP contribution < -0.4 is 0 Å². The van der Waals surface area contributed by atoms with Gasteiger partial charge in [0.1, 0.15) is 12.2 Å². The van der Waals surface area contributed by atoms with Gasteiger partial charge >= 0.3 is 10.4 Å². The van der Waals surface area contributed by atoms with E-state index in [1.54, 1.807) is 19.6 Å². The van der Waals surface area contributed by atoms with Crippen molar-refractivity contribution in [2.45, 2.75) is 38.8 Å². The Balaban J connectivity index is 4.83. The fourth-order valence-electron chi connectivity index (χ4n) is 1.04. The standard InChI is InChI=1S/C7H18O10S3Si/c1-6(16-20(12,13)17-21(2,3)4)7(15-19(10)11)5-14-18(8)9/h6-7H,5H2,1-4H3,(H,8,9)(H,10,11)/p-2. The van der Waals surface area contributed by atoms with Crippen LogP contribution >= 0.6 is 0 Å². The summed E-state index contributed by atoms with van der Waals surface area (Å²) in [6.45, 7) is 5.22. The van der Waals surface area contributed by atoms with Gasteiger partial charge in [0, 0.05) is 0 Å². The van der Waals surface area contributed by atoms with Crippen LogP contribution in [-0.4, -0.2) is 53.1 Å². The van der Waals surface area contributed by atoms with Crippen molar-refractivity contribution in [3.63, 3.8) is 0 Å². The zero-order valence-corrected chi connectivity index (χ0v) is 15.1. The van der Waals surface area contributed by atoms with Crippen LogP contribution in [0.3, 0.4) is 0 Å². The van der Waals surface area contributed by atoms with Crippen LogP contribution in [0.25, 0.3) is 0 Å². The zero-order chi connectivity index (χ0) is 16.8. The molecular formula is C7H16O10S3Si-2. The van der Waals surface area contributed by atoms with E-state index in [9.17, 15) is 25.9 Å². The molecule has 0 aromatic heterocycles. The molecule has 0 N–H and O–H groups in total. The van der Waals surface area contributed by atoms with Gasteiger partial charge in [-0.1, -0.05) is 0 Å². The lowest BCUT2D eigenvalue weighted by atomic mass is 10.2. The minimum Gasteiger partial charge on any atom is -0.750 e. The van der Waals surface area contributed by atoms with Crippen molar-refractivity contribution in [1.29, 1.82) is 0 Å². The molecule has 0 aromatic carbocycles. The summed E-state index contributed by atoms with van der Waals surface area (Å²) in [6, 6.07) is 0. The Morgan fingerprint density at radius 3 is 2.05 bits per heavy atom. The van der Waals surface area contributed by atoms with Crippen LogP contribution in [-0.2, 0) is 49.5 Å². The quantitative estimate of drug-likeness (QED) is 0.355. The summed E-state index contributed by atoms with van der Waals surface area (Å²) in [6.07, 6.45) is -2.84. The van der Waals surface area contributed by atoms with Gasteiger partial charge in [-0.15, -0.1) is 0 Å². The molecule has 4 unspecified atom stereocenters. The largest absolute Gasteiger partial charge is 0.750 e. The summed E-state index contributed by atoms with van der Waals surface area (Å²) in [4.78, 5) is 0. The summed E-state index contributed by atoms with van der Waals surface area (Å²) in [7, 11) is -6.85. The lowest BCUT2D eigenvalue weighted by Gasteiger charge is -2.25. The van der Waals surface area contributed by atoms with Gasteiger partial charge in [-0.2, -0.15) is 8.42 Å². The van der Waals surface area contributed by atoms with Crippen molar-refractivity contribution in [2.24, 2.45) is 0 Å². The van der Waals surface area contributed by atoms with Crippen LogP contribution in [0.5, 0.6) is 0 Å². The van der Waals surface area contributed by atoms with Gasteiger partial charge in [0.25, 0.3) is 0 Å². The van der Waals surface area contributed by atoms with Gasteiger partial charge in [-0.25, -0.2) is 12.6 Å². The molecule has 128 valence electrons. The molecule has 10 nitrogen and oxygen atoms in total. The minimum absolute atomic E-state index is 0.742. The highest BCUT2D eigenvalue weighted by molar-refractivity contribution is 7.83. The molecule has 0 heterocycles. The van der Waals surface area contributed by atoms with Crippen molar-refractivity contribution < 1.29 is 42.4 Å². The fraction of sp³-hybridized carbons (Fsp3) is 1.00. The van der Waals surface area contributed by atoms with Crippen molar-refractivity contribution in [1.82, 2.24) is 0 Å². The Bertz CT molecular complexity index is 472. The van der Waals surface area contributed by atoms with Gasteiger partial charge in [0.05, 0.1) is 29.3 Å². The second-order valence-electron chi connectivity index (χ2n) is 4.73. The van der Waals surface area contributed by atoms with Crippen LogP contribution in [0.2, 0.25) is 19.6 Å². The average Bonchev–Trinajstić information content (AvgIpc) is 2.18. The highest BCUT2D eigenvalue weighted by Crippen LogP contribution is 2.15. The molecule has 0 fully saturated rings. The van der Waals surface area contributed by atoms with Crippen LogP contribution in [0, 0.1) is 0 Å². The molecule has 0 aliphatic carbocycles. The first kappa shape index (κ1) is 21.2. The molecule has 0 aromatic rings. The molecule has 0 aliphatic heterocycles. The van der Waals surface area contributed by atoms with Gasteiger partial charge in [0.2, 0.25) is 8.32 Å². The number of hydrogen-bond donors (Lipinski definition) is 0. The Hall–Kier alpha value is 0.227. The summed E-state index contributed by atoms with van der Waals surface area (Å²) in [5, 5.41) is 0. The SMILES string of the molecule is CC(OS(=O)(=O)O[Si](C)(C)C)C(COS(=O)[O-])OS(=O)[O-]. The first-order valence-electron chi connectivity index (χ1n) is 5.45. The third kappa shape index (κ3) is 11.4. The summed E-state index contributed by atoms with van der Waals surface area (Å²) < 4.78 is 82.6. The lowest BCUT2D eigenvalue weighted by molar-refractivity contribution is 0.0335. The van der Waals surface area contributed by atoms with Gasteiger partial charge in [-0.3, -0.25) is 12.2 Å². The molecular weight excluding hydrogens is 368 g/mol. The fourth-order valence-corrected chi connectivity index (χ4v) is 4.80. The van der Waals surface area contributed by atoms with Crippen LogP contribution in [0.4, 0.5) is 0 Å². The molecule has 4 atom stereocenters. The number of hydrogen-bond acceptors (Lipinski definition) is 10. The second kappa shape index (κ2) is 8.75. The normalized spacial score (nSPS) is 19.0. The second-order valence-corrected chi connectivity index (χ2v) is 11.9. The first-order valence-corrected chi connectivity index (χ1v) is 12.2. The Morgan fingerprint density at radius 1 is 1.14 bits per heavy atom. The summed E-state index contributed by atoms with van der Waals surface area (Å²) >= 11 is -5.93. The maximum absolute atomic E-state index is 11.6. The molecule has 0 saturated carbocycles. The molecule has 0 aliphatic rings. The third-order valence-corrected chi connectivity index (χ3v) is 5.76. The van der Waals surface area contributed by atoms with Gasteiger partial charge in [-0.05, 0) is 26.6 Å². The minimum atomic E-state index is -4.39. The van der Waals surface area contributed by atoms with Crippen molar-refractivity contribution in [2.75, 3.05) is 6.61 Å². The summed E-state index contributed by atoms with van der Waals surface area (Å²) in [5.41, 5.74) is 0. The van der Waals surface area contributed by atoms with Crippen molar-refractivity contribution >= 4 is 41.4 Å². The van der Waals surface area contributed by atoms with Gasteiger partial charge < -0.3 is 9.11 Å². The molecule has 0 rings (SSSR count). The Labute approximate surface area is 129 Å². The molecule has 0 bridgehead atoms. The molecule has 0 radical (unpaired) electrons. The van der Waals surface area contributed by atoms with Crippen molar-refractivity contribution in [3.05, 3.63) is 0 Å². The lowest BCUT2D eigenvalue weighted by Crippen LogP contribution is -2.38. The molecule has 0 spiro atoms. The maximum atomic E-state index is 11.6. The van der Waals surface area contributed by atoms with Crippen LogP contribution in [0.15, 0.2) is 0 Å². The van der Waals surface area contributed by atoms with E-state index in [1.165, 1.54) is 6.92 Å². The number of rotatable bonds is 10.